The number of allylic oxidation sites excluding steroid dienone is 6. The molecule has 0 aliphatic heterocycles. The summed E-state index contributed by atoms with van der Waals surface area (Å²) in [4.78, 5) is 11.1. The van der Waals surface area contributed by atoms with Crippen molar-refractivity contribution in [1.29, 1.82) is 0 Å². The molecule has 0 bridgehead atoms. The van der Waals surface area contributed by atoms with Crippen molar-refractivity contribution in [3.05, 3.63) is 35.9 Å². The third kappa shape index (κ3) is 2.35. The monoisotopic (exact) mass is 212 g/mol. The SMILES string of the molecule is C[C@]1(C(=O)Cl)C=CC=CC(B(O)O)=C1. The van der Waals surface area contributed by atoms with Crippen LogP contribution in [0.3, 0.4) is 0 Å². The first-order valence-corrected chi connectivity index (χ1v) is 4.48. The summed E-state index contributed by atoms with van der Waals surface area (Å²) in [5.41, 5.74) is -0.726. The first kappa shape index (κ1) is 11.2. The molecule has 0 saturated carbocycles. The maximum Gasteiger partial charge on any atom is 0.488 e. The first-order chi connectivity index (χ1) is 6.46. The Bertz CT molecular complexity index is 333. The maximum atomic E-state index is 11.1. The fraction of sp³-hybridized carbons (Fsp3) is 0.222. The molecule has 0 saturated heterocycles. The van der Waals surface area contributed by atoms with Crippen LogP contribution in [0, 0.1) is 5.41 Å². The molecule has 1 atom stereocenters. The second-order valence-electron chi connectivity index (χ2n) is 3.29. The molecule has 0 spiro atoms. The predicted molar refractivity (Wildman–Crippen MR) is 55.5 cm³/mol. The molecule has 1 rings (SSSR count). The standard InChI is InChI=1S/C9H10BClO3/c1-9(8(11)12)5-3-2-4-7(6-9)10(13)14/h2-6,13-14H,1H3/t9-/m0/s1. The van der Waals surface area contributed by atoms with Gasteiger partial charge in [0.25, 0.3) is 0 Å². The Morgan fingerprint density at radius 2 is 2.14 bits per heavy atom. The molecule has 0 aromatic heterocycles. The van der Waals surface area contributed by atoms with Crippen LogP contribution in [0.5, 0.6) is 0 Å². The molecule has 0 aromatic rings. The zero-order valence-electron chi connectivity index (χ0n) is 7.64. The van der Waals surface area contributed by atoms with Gasteiger partial charge in [-0.3, -0.25) is 4.79 Å². The zero-order chi connectivity index (χ0) is 10.8. The van der Waals surface area contributed by atoms with Gasteiger partial charge in [-0.1, -0.05) is 30.4 Å². The van der Waals surface area contributed by atoms with E-state index in [9.17, 15) is 4.79 Å². The molecular weight excluding hydrogens is 202 g/mol. The number of halogens is 1. The normalized spacial score (nSPS) is 25.6. The van der Waals surface area contributed by atoms with E-state index in [1.807, 2.05) is 0 Å². The van der Waals surface area contributed by atoms with Crippen LogP contribution in [-0.4, -0.2) is 22.4 Å². The largest absolute Gasteiger partial charge is 0.488 e. The van der Waals surface area contributed by atoms with E-state index in [4.69, 9.17) is 21.6 Å². The number of hydrogen-bond donors (Lipinski definition) is 2. The van der Waals surface area contributed by atoms with Gasteiger partial charge in [-0.25, -0.2) is 0 Å². The number of carbonyl (C=O) groups excluding carboxylic acids is 1. The highest BCUT2D eigenvalue weighted by Crippen LogP contribution is 2.28. The smallest absolute Gasteiger partial charge is 0.423 e. The summed E-state index contributed by atoms with van der Waals surface area (Å²) in [6, 6.07) is 0. The topological polar surface area (TPSA) is 57.5 Å². The van der Waals surface area contributed by atoms with Gasteiger partial charge in [-0.15, -0.1) is 0 Å². The fourth-order valence-corrected chi connectivity index (χ4v) is 1.26. The van der Waals surface area contributed by atoms with E-state index in [0.29, 0.717) is 0 Å². The first-order valence-electron chi connectivity index (χ1n) is 4.10. The van der Waals surface area contributed by atoms with Gasteiger partial charge in [0.15, 0.2) is 0 Å². The van der Waals surface area contributed by atoms with Gasteiger partial charge in [0.05, 0.1) is 5.41 Å². The molecule has 3 nitrogen and oxygen atoms in total. The minimum Gasteiger partial charge on any atom is -0.423 e. The molecule has 2 N–H and O–H groups in total. The second kappa shape index (κ2) is 4.13. The van der Waals surface area contributed by atoms with Gasteiger partial charge in [0.1, 0.15) is 0 Å². The fourth-order valence-electron chi connectivity index (χ4n) is 1.15. The third-order valence-electron chi connectivity index (χ3n) is 2.03. The van der Waals surface area contributed by atoms with Gasteiger partial charge in [0.2, 0.25) is 5.24 Å². The summed E-state index contributed by atoms with van der Waals surface area (Å²) in [6.07, 6.45) is 7.83. The van der Waals surface area contributed by atoms with Crippen molar-refractivity contribution >= 4 is 24.0 Å². The Hall–Kier alpha value is -0.835. The molecule has 1 aliphatic rings. The minimum atomic E-state index is -1.60. The van der Waals surface area contributed by atoms with Gasteiger partial charge >= 0.3 is 7.12 Å². The molecular formula is C9H10BClO3. The number of hydrogen-bond acceptors (Lipinski definition) is 3. The van der Waals surface area contributed by atoms with Crippen LogP contribution in [-0.2, 0) is 4.79 Å². The minimum absolute atomic E-state index is 0.256. The van der Waals surface area contributed by atoms with E-state index in [1.165, 1.54) is 12.2 Å². The molecule has 0 heterocycles. The molecule has 74 valence electrons. The van der Waals surface area contributed by atoms with Crippen LogP contribution in [0.25, 0.3) is 0 Å². The van der Waals surface area contributed by atoms with Crippen molar-refractivity contribution in [1.82, 2.24) is 0 Å². The molecule has 0 unspecified atom stereocenters. The lowest BCUT2D eigenvalue weighted by Gasteiger charge is -2.16. The van der Waals surface area contributed by atoms with E-state index in [2.05, 4.69) is 0 Å². The van der Waals surface area contributed by atoms with Crippen LogP contribution < -0.4 is 0 Å². The van der Waals surface area contributed by atoms with Crippen molar-refractivity contribution < 1.29 is 14.8 Å². The summed E-state index contributed by atoms with van der Waals surface area (Å²) in [7, 11) is -1.60. The lowest BCUT2D eigenvalue weighted by atomic mass is 9.75. The summed E-state index contributed by atoms with van der Waals surface area (Å²) in [5, 5.41) is 17.4. The Balaban J connectivity index is 3.11. The molecule has 0 amide bonds. The average molecular weight is 212 g/mol. The zero-order valence-corrected chi connectivity index (χ0v) is 8.40. The summed E-state index contributed by atoms with van der Waals surface area (Å²) in [5.74, 6) is 0. The van der Waals surface area contributed by atoms with Crippen LogP contribution in [0.4, 0.5) is 0 Å². The quantitative estimate of drug-likeness (QED) is 0.526. The highest BCUT2D eigenvalue weighted by molar-refractivity contribution is 6.65. The van der Waals surface area contributed by atoms with Gasteiger partial charge in [-0.05, 0) is 24.0 Å². The van der Waals surface area contributed by atoms with Crippen LogP contribution in [0.2, 0.25) is 0 Å². The molecule has 0 radical (unpaired) electrons. The van der Waals surface area contributed by atoms with Crippen LogP contribution in [0.1, 0.15) is 6.92 Å². The molecule has 0 fully saturated rings. The Labute approximate surface area is 87.5 Å². The van der Waals surface area contributed by atoms with Gasteiger partial charge in [-0.2, -0.15) is 0 Å². The maximum absolute atomic E-state index is 11.1. The van der Waals surface area contributed by atoms with Crippen LogP contribution >= 0.6 is 11.6 Å². The number of rotatable bonds is 2. The van der Waals surface area contributed by atoms with Gasteiger partial charge in [0, 0.05) is 0 Å². The van der Waals surface area contributed by atoms with E-state index < -0.39 is 17.8 Å². The summed E-state index contributed by atoms with van der Waals surface area (Å²) < 4.78 is 0. The molecule has 5 heteroatoms. The van der Waals surface area contributed by atoms with Crippen molar-refractivity contribution in [2.75, 3.05) is 0 Å². The van der Waals surface area contributed by atoms with Crippen LogP contribution in [0.15, 0.2) is 35.9 Å². The predicted octanol–water partition coefficient (Wildman–Crippen LogP) is 0.822. The number of carbonyl (C=O) groups is 1. The molecule has 1 aliphatic carbocycles. The highest BCUT2D eigenvalue weighted by atomic mass is 35.5. The van der Waals surface area contributed by atoms with E-state index >= 15 is 0 Å². The van der Waals surface area contributed by atoms with Gasteiger partial charge < -0.3 is 10.0 Å². The Kier molecular flexibility index (Phi) is 3.31. The summed E-state index contributed by atoms with van der Waals surface area (Å²) in [6.45, 7) is 1.61. The van der Waals surface area contributed by atoms with Crippen molar-refractivity contribution in [2.45, 2.75) is 6.92 Å². The van der Waals surface area contributed by atoms with Crippen molar-refractivity contribution in [3.8, 4) is 0 Å². The average Bonchev–Trinajstić information content (AvgIpc) is 2.28. The summed E-state index contributed by atoms with van der Waals surface area (Å²) >= 11 is 5.41. The molecule has 0 aromatic carbocycles. The lowest BCUT2D eigenvalue weighted by molar-refractivity contribution is -0.115. The van der Waals surface area contributed by atoms with E-state index in [0.717, 1.165) is 0 Å². The second-order valence-corrected chi connectivity index (χ2v) is 3.64. The lowest BCUT2D eigenvalue weighted by Crippen LogP contribution is -2.22. The Morgan fingerprint density at radius 3 is 2.64 bits per heavy atom. The Morgan fingerprint density at radius 1 is 1.50 bits per heavy atom. The third-order valence-corrected chi connectivity index (χ3v) is 2.44. The van der Waals surface area contributed by atoms with E-state index in [-0.39, 0.29) is 5.47 Å². The van der Waals surface area contributed by atoms with E-state index in [1.54, 1.807) is 25.2 Å². The van der Waals surface area contributed by atoms with Crippen molar-refractivity contribution in [2.24, 2.45) is 5.41 Å². The highest BCUT2D eigenvalue weighted by Gasteiger charge is 2.29. The molecule has 14 heavy (non-hydrogen) atoms. The van der Waals surface area contributed by atoms with Crippen molar-refractivity contribution in [3.63, 3.8) is 0 Å².